The van der Waals surface area contributed by atoms with E-state index in [4.69, 9.17) is 9.47 Å². The van der Waals surface area contributed by atoms with Crippen molar-refractivity contribution >= 4 is 28.5 Å². The van der Waals surface area contributed by atoms with Crippen molar-refractivity contribution in [2.24, 2.45) is 5.92 Å². The molecule has 2 N–H and O–H groups in total. The standard InChI is InChI=1S/C26H32N2O5/c1-5-7-8-17(6-2)25(29)27-20-10-9-18-11-12-28(22(18)15-20)16-21-23(32-3)13-19(26(30)31)14-24(21)33-4/h9-15,17H,5-8,16H2,1-4H3,(H,27,29)(H,30,31). The Hall–Kier alpha value is -3.48. The normalized spacial score (nSPS) is 11.9. The maximum Gasteiger partial charge on any atom is 0.335 e. The van der Waals surface area contributed by atoms with Crippen molar-refractivity contribution in [2.45, 2.75) is 46.1 Å². The van der Waals surface area contributed by atoms with Gasteiger partial charge in [-0.2, -0.15) is 0 Å². The van der Waals surface area contributed by atoms with Crippen LogP contribution >= 0.6 is 0 Å². The van der Waals surface area contributed by atoms with E-state index in [9.17, 15) is 14.7 Å². The fourth-order valence-electron chi connectivity index (χ4n) is 4.05. The number of nitrogens with zero attached hydrogens (tertiary/aromatic N) is 1. The number of amides is 1. The molecule has 7 nitrogen and oxygen atoms in total. The Morgan fingerprint density at radius 3 is 2.33 bits per heavy atom. The molecule has 0 saturated heterocycles. The molecule has 0 aliphatic heterocycles. The minimum Gasteiger partial charge on any atom is -0.496 e. The third kappa shape index (κ3) is 5.48. The molecule has 1 unspecified atom stereocenters. The average molecular weight is 453 g/mol. The lowest BCUT2D eigenvalue weighted by atomic mass is 9.98. The van der Waals surface area contributed by atoms with Crippen molar-refractivity contribution in [3.63, 3.8) is 0 Å². The number of fused-ring (bicyclic) bond motifs is 1. The monoisotopic (exact) mass is 452 g/mol. The van der Waals surface area contributed by atoms with Crippen molar-refractivity contribution in [2.75, 3.05) is 19.5 Å². The van der Waals surface area contributed by atoms with Gasteiger partial charge in [-0.25, -0.2) is 4.79 Å². The predicted octanol–water partition coefficient (Wildman–Crippen LogP) is 5.56. The van der Waals surface area contributed by atoms with Gasteiger partial charge >= 0.3 is 5.97 Å². The van der Waals surface area contributed by atoms with Gasteiger partial charge in [0.15, 0.2) is 0 Å². The lowest BCUT2D eigenvalue weighted by molar-refractivity contribution is -0.120. The van der Waals surface area contributed by atoms with E-state index in [1.807, 2.05) is 42.0 Å². The van der Waals surface area contributed by atoms with Crippen molar-refractivity contribution in [1.29, 1.82) is 0 Å². The van der Waals surface area contributed by atoms with Crippen LogP contribution < -0.4 is 14.8 Å². The topological polar surface area (TPSA) is 89.8 Å². The zero-order valence-electron chi connectivity index (χ0n) is 19.7. The van der Waals surface area contributed by atoms with Gasteiger partial charge in [-0.1, -0.05) is 32.8 Å². The number of nitrogens with one attached hydrogen (secondary N) is 1. The molecule has 1 heterocycles. The van der Waals surface area contributed by atoms with Crippen LogP contribution in [0, 0.1) is 5.92 Å². The van der Waals surface area contributed by atoms with Crippen molar-refractivity contribution in [3.8, 4) is 11.5 Å². The molecule has 33 heavy (non-hydrogen) atoms. The first-order chi connectivity index (χ1) is 15.9. The fourth-order valence-corrected chi connectivity index (χ4v) is 4.05. The largest absolute Gasteiger partial charge is 0.496 e. The first-order valence-electron chi connectivity index (χ1n) is 11.3. The maximum atomic E-state index is 12.8. The summed E-state index contributed by atoms with van der Waals surface area (Å²) in [5.41, 5.74) is 2.54. The SMILES string of the molecule is CCCCC(CC)C(=O)Nc1ccc2ccn(Cc3c(OC)cc(C(=O)O)cc3OC)c2c1. The number of aromatic nitrogens is 1. The minimum atomic E-state index is -1.05. The molecule has 0 bridgehead atoms. The number of unbranched alkanes of at least 4 members (excludes halogenated alkanes) is 1. The van der Waals surface area contributed by atoms with Crippen LogP contribution in [0.15, 0.2) is 42.6 Å². The number of hydrogen-bond donors (Lipinski definition) is 2. The summed E-state index contributed by atoms with van der Waals surface area (Å²) in [5.74, 6) is -0.0986. The highest BCUT2D eigenvalue weighted by Crippen LogP contribution is 2.33. The van der Waals surface area contributed by atoms with Gasteiger partial charge in [0.1, 0.15) is 11.5 Å². The summed E-state index contributed by atoms with van der Waals surface area (Å²) in [5, 5.41) is 13.5. The zero-order valence-corrected chi connectivity index (χ0v) is 19.7. The number of ether oxygens (including phenoxy) is 2. The first-order valence-corrected chi connectivity index (χ1v) is 11.3. The highest BCUT2D eigenvalue weighted by Gasteiger charge is 2.18. The highest BCUT2D eigenvalue weighted by atomic mass is 16.5. The Kier molecular flexibility index (Phi) is 7.98. The molecule has 7 heteroatoms. The van der Waals surface area contributed by atoms with Crippen LogP contribution in [0.25, 0.3) is 10.9 Å². The van der Waals surface area contributed by atoms with Crippen LogP contribution in [0.2, 0.25) is 0 Å². The number of carboxylic acids is 1. The van der Waals surface area contributed by atoms with Crippen LogP contribution in [-0.2, 0) is 11.3 Å². The summed E-state index contributed by atoms with van der Waals surface area (Å²) in [6, 6.07) is 10.9. The molecule has 0 saturated carbocycles. The number of aromatic carboxylic acids is 1. The van der Waals surface area contributed by atoms with Crippen LogP contribution in [0.3, 0.4) is 0 Å². The lowest BCUT2D eigenvalue weighted by Crippen LogP contribution is -2.22. The number of hydrogen-bond acceptors (Lipinski definition) is 4. The molecule has 0 radical (unpaired) electrons. The molecule has 0 aliphatic carbocycles. The third-order valence-corrected chi connectivity index (χ3v) is 5.99. The molecule has 1 atom stereocenters. The van der Waals surface area contributed by atoms with Crippen LogP contribution in [0.1, 0.15) is 55.5 Å². The zero-order chi connectivity index (χ0) is 24.0. The van der Waals surface area contributed by atoms with Crippen molar-refractivity contribution < 1.29 is 24.2 Å². The summed E-state index contributed by atoms with van der Waals surface area (Å²) in [6.07, 6.45) is 5.78. The molecular formula is C26H32N2O5. The van der Waals surface area contributed by atoms with E-state index in [1.54, 1.807) is 0 Å². The number of methoxy groups -OCH3 is 2. The molecule has 0 aliphatic rings. The number of carboxylic acid groups (broad SMARTS) is 1. The van der Waals surface area contributed by atoms with Crippen LogP contribution in [0.5, 0.6) is 11.5 Å². The Bertz CT molecular complexity index is 1110. The lowest BCUT2D eigenvalue weighted by Gasteiger charge is -2.16. The van der Waals surface area contributed by atoms with E-state index in [1.165, 1.54) is 26.4 Å². The molecule has 1 aromatic heterocycles. The van der Waals surface area contributed by atoms with Gasteiger partial charge in [0.2, 0.25) is 5.91 Å². The number of anilines is 1. The Morgan fingerprint density at radius 2 is 1.76 bits per heavy atom. The predicted molar refractivity (Wildman–Crippen MR) is 129 cm³/mol. The third-order valence-electron chi connectivity index (χ3n) is 5.99. The van der Waals surface area contributed by atoms with Crippen molar-refractivity contribution in [3.05, 3.63) is 53.7 Å². The Morgan fingerprint density at radius 1 is 1.06 bits per heavy atom. The number of rotatable bonds is 11. The molecule has 0 spiro atoms. The maximum absolute atomic E-state index is 12.8. The summed E-state index contributed by atoms with van der Waals surface area (Å²) in [6.45, 7) is 4.60. The summed E-state index contributed by atoms with van der Waals surface area (Å²) in [4.78, 5) is 24.2. The smallest absolute Gasteiger partial charge is 0.335 e. The fraction of sp³-hybridized carbons (Fsp3) is 0.385. The molecule has 3 rings (SSSR count). The second-order valence-corrected chi connectivity index (χ2v) is 8.12. The van der Waals surface area contributed by atoms with E-state index >= 15 is 0 Å². The van der Waals surface area contributed by atoms with E-state index in [0.29, 0.717) is 18.0 Å². The average Bonchev–Trinajstić information content (AvgIpc) is 3.21. The van der Waals surface area contributed by atoms with Crippen LogP contribution in [0.4, 0.5) is 5.69 Å². The molecule has 2 aromatic carbocycles. The van der Waals surface area contributed by atoms with Gasteiger partial charge in [-0.15, -0.1) is 0 Å². The van der Waals surface area contributed by atoms with Gasteiger partial charge in [-0.05, 0) is 48.6 Å². The quantitative estimate of drug-likeness (QED) is 0.398. The van der Waals surface area contributed by atoms with E-state index < -0.39 is 5.97 Å². The summed E-state index contributed by atoms with van der Waals surface area (Å²) >= 11 is 0. The van der Waals surface area contributed by atoms with E-state index in [2.05, 4.69) is 12.2 Å². The second kappa shape index (κ2) is 10.9. The molecule has 0 fully saturated rings. The number of carbonyl (C=O) groups is 2. The number of carbonyl (C=O) groups excluding carboxylic acids is 1. The Labute approximate surface area is 194 Å². The van der Waals surface area contributed by atoms with E-state index in [0.717, 1.165) is 47.8 Å². The first kappa shape index (κ1) is 24.2. The molecular weight excluding hydrogens is 420 g/mol. The van der Waals surface area contributed by atoms with Crippen LogP contribution in [-0.4, -0.2) is 35.8 Å². The second-order valence-electron chi connectivity index (χ2n) is 8.12. The highest BCUT2D eigenvalue weighted by molar-refractivity contribution is 5.95. The summed E-state index contributed by atoms with van der Waals surface area (Å²) in [7, 11) is 3.02. The van der Waals surface area contributed by atoms with E-state index in [-0.39, 0.29) is 17.4 Å². The van der Waals surface area contributed by atoms with Gasteiger partial charge in [0.25, 0.3) is 0 Å². The Balaban J connectivity index is 1.91. The van der Waals surface area contributed by atoms with Gasteiger partial charge in [0.05, 0.1) is 37.4 Å². The van der Waals surface area contributed by atoms with Crippen molar-refractivity contribution in [1.82, 2.24) is 4.57 Å². The van der Waals surface area contributed by atoms with Gasteiger partial charge in [0, 0.05) is 17.8 Å². The van der Waals surface area contributed by atoms with Gasteiger partial charge < -0.3 is 24.5 Å². The number of benzene rings is 2. The molecule has 176 valence electrons. The summed E-state index contributed by atoms with van der Waals surface area (Å²) < 4.78 is 13.0. The van der Waals surface area contributed by atoms with Gasteiger partial charge in [-0.3, -0.25) is 4.79 Å². The minimum absolute atomic E-state index is 0.00806. The molecule has 1 amide bonds. The molecule has 3 aromatic rings.